The van der Waals surface area contributed by atoms with Gasteiger partial charge in [0.15, 0.2) is 0 Å². The molecule has 0 fully saturated rings. The smallest absolute Gasteiger partial charge is 0.277 e. The summed E-state index contributed by atoms with van der Waals surface area (Å²) < 4.78 is 25.7. The Morgan fingerprint density at radius 3 is 2.37 bits per heavy atom. The molecule has 4 N–H and O–H groups in total. The van der Waals surface area contributed by atoms with E-state index in [1.165, 1.54) is 6.07 Å². The lowest BCUT2D eigenvalue weighted by Crippen LogP contribution is -2.38. The lowest BCUT2D eigenvalue weighted by Gasteiger charge is -2.28. The molecule has 4 aromatic rings. The average molecular weight is 488 g/mol. The Hall–Kier alpha value is -3.79. The quantitative estimate of drug-likeness (QED) is 0.447. The Labute approximate surface area is 203 Å². The van der Waals surface area contributed by atoms with Crippen LogP contribution in [0.5, 0.6) is 0 Å². The molecule has 35 heavy (non-hydrogen) atoms. The second kappa shape index (κ2) is 8.77. The molecule has 0 spiro atoms. The van der Waals surface area contributed by atoms with E-state index in [4.69, 9.17) is 10.9 Å². The third-order valence-electron chi connectivity index (χ3n) is 6.34. The molecule has 0 bridgehead atoms. The second-order valence-electron chi connectivity index (χ2n) is 8.45. The topological polar surface area (TPSA) is 124 Å². The molecule has 0 atom stereocenters. The van der Waals surface area contributed by atoms with Gasteiger partial charge in [-0.3, -0.25) is 4.79 Å². The number of hydrogen-bond acceptors (Lipinski definition) is 5. The predicted molar refractivity (Wildman–Crippen MR) is 135 cm³/mol. The Bertz CT molecular complexity index is 1540. The molecule has 0 unspecified atom stereocenters. The summed E-state index contributed by atoms with van der Waals surface area (Å²) in [5.41, 5.74) is 11.9. The van der Waals surface area contributed by atoms with Gasteiger partial charge in [-0.05, 0) is 48.7 Å². The van der Waals surface area contributed by atoms with E-state index < -0.39 is 10.0 Å². The van der Waals surface area contributed by atoms with Gasteiger partial charge >= 0.3 is 0 Å². The monoisotopic (exact) mass is 487 g/mol. The van der Waals surface area contributed by atoms with Crippen molar-refractivity contribution in [3.05, 3.63) is 95.3 Å². The van der Waals surface area contributed by atoms with Crippen LogP contribution >= 0.6 is 0 Å². The largest absolute Gasteiger partial charge is 0.326 e. The van der Waals surface area contributed by atoms with Gasteiger partial charge in [0, 0.05) is 29.9 Å². The first kappa shape index (κ1) is 23.0. The van der Waals surface area contributed by atoms with Crippen LogP contribution in [0, 0.1) is 6.92 Å². The molecule has 1 aliphatic heterocycles. The van der Waals surface area contributed by atoms with E-state index in [1.807, 2.05) is 43.3 Å². The third-order valence-corrected chi connectivity index (χ3v) is 7.31. The number of amides is 1. The zero-order chi connectivity index (χ0) is 24.7. The van der Waals surface area contributed by atoms with Gasteiger partial charge in [0.1, 0.15) is 5.69 Å². The summed E-state index contributed by atoms with van der Waals surface area (Å²) >= 11 is 0. The number of nitrogens with two attached hydrogens (primary N) is 2. The molecule has 0 saturated carbocycles. The lowest BCUT2D eigenvalue weighted by molar-refractivity contribution is 0.0973. The molecule has 178 valence electrons. The number of fused-ring (bicyclic) bond motifs is 1. The number of nitrogens with zero attached hydrogens (tertiary/aromatic N) is 3. The van der Waals surface area contributed by atoms with Crippen molar-refractivity contribution in [3.63, 3.8) is 0 Å². The van der Waals surface area contributed by atoms with Gasteiger partial charge in [-0.15, -0.1) is 0 Å². The van der Waals surface area contributed by atoms with Crippen molar-refractivity contribution >= 4 is 21.6 Å². The van der Waals surface area contributed by atoms with E-state index >= 15 is 0 Å². The number of anilines is 1. The average Bonchev–Trinajstić information content (AvgIpc) is 3.21. The lowest BCUT2D eigenvalue weighted by atomic mass is 10.0. The van der Waals surface area contributed by atoms with Crippen LogP contribution in [0.15, 0.2) is 77.7 Å². The number of rotatable bonds is 5. The molecule has 0 aliphatic carbocycles. The van der Waals surface area contributed by atoms with E-state index in [1.54, 1.807) is 39.9 Å². The minimum atomic E-state index is -3.87. The highest BCUT2D eigenvalue weighted by Crippen LogP contribution is 2.32. The van der Waals surface area contributed by atoms with Crippen LogP contribution < -0.4 is 15.8 Å². The maximum Gasteiger partial charge on any atom is 0.277 e. The summed E-state index contributed by atoms with van der Waals surface area (Å²) in [6.45, 7) is 2.77. The number of aryl methyl sites for hydroxylation is 1. The minimum absolute atomic E-state index is 0.0596. The highest BCUT2D eigenvalue weighted by Gasteiger charge is 2.32. The van der Waals surface area contributed by atoms with Gasteiger partial charge in [0.05, 0.1) is 16.3 Å². The number of hydrogen-bond donors (Lipinski definition) is 2. The first-order valence-electron chi connectivity index (χ1n) is 11.2. The molecule has 0 saturated heterocycles. The molecular weight excluding hydrogens is 462 g/mol. The van der Waals surface area contributed by atoms with Gasteiger partial charge in [-0.2, -0.15) is 5.10 Å². The van der Waals surface area contributed by atoms with Gasteiger partial charge in [0.2, 0.25) is 10.0 Å². The van der Waals surface area contributed by atoms with Crippen molar-refractivity contribution in [2.75, 3.05) is 11.4 Å². The summed E-state index contributed by atoms with van der Waals surface area (Å²) in [5.74, 6) is -0.142. The van der Waals surface area contributed by atoms with Crippen LogP contribution in [0.3, 0.4) is 0 Å². The van der Waals surface area contributed by atoms with Crippen molar-refractivity contribution in [2.45, 2.75) is 24.8 Å². The number of carbonyl (C=O) groups is 1. The fourth-order valence-corrected chi connectivity index (χ4v) is 5.38. The molecule has 9 heteroatoms. The second-order valence-corrected chi connectivity index (χ2v) is 9.98. The van der Waals surface area contributed by atoms with Crippen LogP contribution in [0.25, 0.3) is 16.8 Å². The van der Waals surface area contributed by atoms with Crippen molar-refractivity contribution in [1.29, 1.82) is 0 Å². The molecule has 8 nitrogen and oxygen atoms in total. The van der Waals surface area contributed by atoms with Gasteiger partial charge in [-0.25, -0.2) is 18.2 Å². The highest BCUT2D eigenvalue weighted by atomic mass is 32.2. The van der Waals surface area contributed by atoms with E-state index in [2.05, 4.69) is 5.10 Å². The molecule has 0 radical (unpaired) electrons. The van der Waals surface area contributed by atoms with Gasteiger partial charge < -0.3 is 10.6 Å². The summed E-state index contributed by atoms with van der Waals surface area (Å²) in [7, 11) is -3.87. The Morgan fingerprint density at radius 1 is 0.971 bits per heavy atom. The Morgan fingerprint density at radius 2 is 1.66 bits per heavy atom. The normalized spacial score (nSPS) is 13.7. The molecule has 2 heterocycles. The fraction of sp³-hybridized carbons (Fsp3) is 0.154. The molecule has 1 aromatic heterocycles. The summed E-state index contributed by atoms with van der Waals surface area (Å²) in [5, 5.41) is 10.1. The zero-order valence-electron chi connectivity index (χ0n) is 19.2. The molecule has 1 amide bonds. The van der Waals surface area contributed by atoms with Crippen molar-refractivity contribution in [3.8, 4) is 16.8 Å². The van der Waals surface area contributed by atoms with Crippen molar-refractivity contribution in [1.82, 2.24) is 9.78 Å². The summed E-state index contributed by atoms with van der Waals surface area (Å²) in [4.78, 5) is 15.5. The predicted octanol–water partition coefficient (Wildman–Crippen LogP) is 3.16. The van der Waals surface area contributed by atoms with Crippen LogP contribution in [0.2, 0.25) is 0 Å². The molecular formula is C26H25N5O3S. The number of carbonyl (C=O) groups excluding carboxylic acids is 1. The maximum absolute atomic E-state index is 13.7. The summed E-state index contributed by atoms with van der Waals surface area (Å²) in [6, 6.07) is 21.5. The van der Waals surface area contributed by atoms with Crippen molar-refractivity contribution in [2.24, 2.45) is 10.9 Å². The highest BCUT2D eigenvalue weighted by molar-refractivity contribution is 7.89. The zero-order valence-corrected chi connectivity index (χ0v) is 20.0. The minimum Gasteiger partial charge on any atom is -0.326 e. The SMILES string of the molecule is Cc1nn(-c2ccccc2CN)c2c1CCN(c1ccc(-c3ccccc3S(N)(=O)=O)cc1)C2=O. The maximum atomic E-state index is 13.7. The standard InChI is InChI=1S/C26H25N5O3S/c1-17-21-14-15-30(26(32)25(21)31(29-17)23-8-4-2-6-19(23)16-27)20-12-10-18(11-13-20)22-7-3-5-9-24(22)35(28,33)34/h2-13H,14-16,27H2,1H3,(H2,28,33,34). The van der Waals surface area contributed by atoms with E-state index in [0.717, 1.165) is 28.2 Å². The number of benzene rings is 3. The van der Waals surface area contributed by atoms with Gasteiger partial charge in [-0.1, -0.05) is 48.5 Å². The fourth-order valence-electron chi connectivity index (χ4n) is 4.62. The van der Waals surface area contributed by atoms with Crippen LogP contribution in [0.4, 0.5) is 5.69 Å². The van der Waals surface area contributed by atoms with E-state index in [-0.39, 0.29) is 10.8 Å². The first-order valence-corrected chi connectivity index (χ1v) is 12.7. The Kier molecular flexibility index (Phi) is 5.76. The molecule has 3 aromatic carbocycles. The summed E-state index contributed by atoms with van der Waals surface area (Å²) in [6.07, 6.45) is 0.674. The number of para-hydroxylation sites is 1. The van der Waals surface area contributed by atoms with E-state index in [0.29, 0.717) is 36.3 Å². The molecule has 1 aliphatic rings. The van der Waals surface area contributed by atoms with Crippen molar-refractivity contribution < 1.29 is 13.2 Å². The van der Waals surface area contributed by atoms with Crippen LogP contribution in [-0.4, -0.2) is 30.7 Å². The number of aromatic nitrogens is 2. The number of primary sulfonamides is 1. The third kappa shape index (κ3) is 4.03. The van der Waals surface area contributed by atoms with Crippen LogP contribution in [-0.2, 0) is 23.0 Å². The Balaban J connectivity index is 1.52. The first-order chi connectivity index (χ1) is 16.8. The molecule has 5 rings (SSSR count). The van der Waals surface area contributed by atoms with Crippen LogP contribution in [0.1, 0.15) is 27.3 Å². The van der Waals surface area contributed by atoms with E-state index in [9.17, 15) is 13.2 Å². The van der Waals surface area contributed by atoms with Gasteiger partial charge in [0.25, 0.3) is 5.91 Å². The number of sulfonamides is 1.